The van der Waals surface area contributed by atoms with Gasteiger partial charge in [-0.2, -0.15) is 0 Å². The first-order valence-corrected chi connectivity index (χ1v) is 5.58. The first kappa shape index (κ1) is 14.2. The first-order valence-electron chi connectivity index (χ1n) is 5.20. The molecule has 0 spiro atoms. The highest BCUT2D eigenvalue weighted by Crippen LogP contribution is 2.15. The van der Waals surface area contributed by atoms with Crippen molar-refractivity contribution in [3.8, 4) is 0 Å². The number of carbonyl (C=O) groups is 2. The average Bonchev–Trinajstić information content (AvgIpc) is 2.38. The van der Waals surface area contributed by atoms with Crippen molar-refractivity contribution in [2.24, 2.45) is 5.84 Å². The molecule has 1 heterocycles. The molecule has 5 N–H and O–H groups in total. The standard InChI is InChI=1S/C10H14ClN5O2/c1-13-8(17)4-5-14-10(18)9-6(11)2-3-7(15-9)16-12/h2-3H,4-5,12H2,1H3,(H,13,17)(H,14,18)(H,15,16). The van der Waals surface area contributed by atoms with Crippen LogP contribution in [0, 0.1) is 0 Å². The van der Waals surface area contributed by atoms with Crippen LogP contribution in [-0.2, 0) is 4.79 Å². The van der Waals surface area contributed by atoms with Gasteiger partial charge in [0.2, 0.25) is 5.91 Å². The minimum atomic E-state index is -0.457. The second-order valence-corrected chi connectivity index (χ2v) is 3.76. The summed E-state index contributed by atoms with van der Waals surface area (Å²) < 4.78 is 0. The predicted octanol–water partition coefficient (Wildman–Crippen LogP) is -0.113. The molecule has 0 fully saturated rings. The Balaban J connectivity index is 2.63. The molecule has 0 aliphatic heterocycles. The smallest absolute Gasteiger partial charge is 0.271 e. The van der Waals surface area contributed by atoms with E-state index >= 15 is 0 Å². The van der Waals surface area contributed by atoms with Crippen molar-refractivity contribution in [2.75, 3.05) is 19.0 Å². The predicted molar refractivity (Wildman–Crippen MR) is 68.1 cm³/mol. The lowest BCUT2D eigenvalue weighted by Gasteiger charge is -2.07. The van der Waals surface area contributed by atoms with Gasteiger partial charge in [0.05, 0.1) is 5.02 Å². The Labute approximate surface area is 109 Å². The minimum absolute atomic E-state index is 0.0593. The van der Waals surface area contributed by atoms with Crippen molar-refractivity contribution in [1.82, 2.24) is 15.6 Å². The van der Waals surface area contributed by atoms with Crippen LogP contribution in [0.4, 0.5) is 5.82 Å². The quantitative estimate of drug-likeness (QED) is 0.441. The number of nitrogen functional groups attached to an aromatic ring is 1. The zero-order valence-corrected chi connectivity index (χ0v) is 10.5. The fraction of sp³-hybridized carbons (Fsp3) is 0.300. The number of nitrogens with two attached hydrogens (primary N) is 1. The Kier molecular flexibility index (Phi) is 5.34. The summed E-state index contributed by atoms with van der Waals surface area (Å²) in [4.78, 5) is 26.6. The number of nitrogens with one attached hydrogen (secondary N) is 3. The van der Waals surface area contributed by atoms with Gasteiger partial charge in [-0.3, -0.25) is 9.59 Å². The number of aromatic nitrogens is 1. The molecule has 8 heteroatoms. The van der Waals surface area contributed by atoms with Crippen LogP contribution in [-0.4, -0.2) is 30.4 Å². The van der Waals surface area contributed by atoms with Gasteiger partial charge in [0.15, 0.2) is 0 Å². The number of hydrogen-bond donors (Lipinski definition) is 4. The highest BCUT2D eigenvalue weighted by Gasteiger charge is 2.13. The van der Waals surface area contributed by atoms with E-state index in [9.17, 15) is 9.59 Å². The average molecular weight is 272 g/mol. The molecule has 98 valence electrons. The van der Waals surface area contributed by atoms with E-state index in [1.54, 1.807) is 6.07 Å². The van der Waals surface area contributed by atoms with Crippen LogP contribution in [0.15, 0.2) is 12.1 Å². The highest BCUT2D eigenvalue weighted by molar-refractivity contribution is 6.33. The SMILES string of the molecule is CNC(=O)CCNC(=O)c1nc(NN)ccc1Cl. The van der Waals surface area contributed by atoms with Gasteiger partial charge in [-0.05, 0) is 12.1 Å². The molecule has 0 aliphatic carbocycles. The fourth-order valence-electron chi connectivity index (χ4n) is 1.18. The lowest BCUT2D eigenvalue weighted by atomic mass is 10.3. The molecule has 18 heavy (non-hydrogen) atoms. The minimum Gasteiger partial charge on any atom is -0.359 e. The Morgan fingerprint density at radius 3 is 2.78 bits per heavy atom. The lowest BCUT2D eigenvalue weighted by molar-refractivity contribution is -0.120. The van der Waals surface area contributed by atoms with Gasteiger partial charge >= 0.3 is 0 Å². The molecule has 0 atom stereocenters. The molecule has 0 radical (unpaired) electrons. The van der Waals surface area contributed by atoms with Gasteiger partial charge in [-0.25, -0.2) is 10.8 Å². The van der Waals surface area contributed by atoms with Crippen molar-refractivity contribution in [1.29, 1.82) is 0 Å². The van der Waals surface area contributed by atoms with Gasteiger partial charge in [0.25, 0.3) is 5.91 Å². The van der Waals surface area contributed by atoms with Gasteiger partial charge in [0.1, 0.15) is 11.5 Å². The summed E-state index contributed by atoms with van der Waals surface area (Å²) in [5, 5.41) is 5.20. The number of carbonyl (C=O) groups excluding carboxylic acids is 2. The van der Waals surface area contributed by atoms with Crippen LogP contribution >= 0.6 is 11.6 Å². The largest absolute Gasteiger partial charge is 0.359 e. The summed E-state index contributed by atoms with van der Waals surface area (Å²) in [7, 11) is 1.53. The van der Waals surface area contributed by atoms with Crippen molar-refractivity contribution in [3.05, 3.63) is 22.8 Å². The van der Waals surface area contributed by atoms with Gasteiger partial charge in [-0.15, -0.1) is 0 Å². The van der Waals surface area contributed by atoms with Crippen LogP contribution in [0.2, 0.25) is 5.02 Å². The summed E-state index contributed by atoms with van der Waals surface area (Å²) in [6.07, 6.45) is 0.189. The molecule has 7 nitrogen and oxygen atoms in total. The van der Waals surface area contributed by atoms with Gasteiger partial charge in [-0.1, -0.05) is 11.6 Å². The molecule has 0 saturated heterocycles. The molecule has 0 aromatic carbocycles. The van der Waals surface area contributed by atoms with E-state index in [1.807, 2.05) is 0 Å². The second-order valence-electron chi connectivity index (χ2n) is 3.35. The maximum Gasteiger partial charge on any atom is 0.271 e. The van der Waals surface area contributed by atoms with E-state index in [0.29, 0.717) is 5.82 Å². The van der Waals surface area contributed by atoms with E-state index in [0.717, 1.165) is 0 Å². The number of amides is 2. The van der Waals surface area contributed by atoms with Crippen LogP contribution in [0.3, 0.4) is 0 Å². The Morgan fingerprint density at radius 2 is 2.17 bits per heavy atom. The van der Waals surface area contributed by atoms with E-state index in [4.69, 9.17) is 17.4 Å². The zero-order valence-electron chi connectivity index (χ0n) is 9.79. The summed E-state index contributed by atoms with van der Waals surface area (Å²) in [5.74, 6) is 4.90. The summed E-state index contributed by atoms with van der Waals surface area (Å²) in [5.41, 5.74) is 2.38. The molecule has 0 aliphatic rings. The number of hydrazine groups is 1. The number of pyridine rings is 1. The molecule has 0 saturated carbocycles. The van der Waals surface area contributed by atoms with Crippen LogP contribution < -0.4 is 21.9 Å². The third-order valence-corrected chi connectivity index (χ3v) is 2.43. The Bertz CT molecular complexity index is 452. The summed E-state index contributed by atoms with van der Waals surface area (Å²) in [6.45, 7) is 0.205. The lowest BCUT2D eigenvalue weighted by Crippen LogP contribution is -2.30. The van der Waals surface area contributed by atoms with Crippen molar-refractivity contribution in [2.45, 2.75) is 6.42 Å². The Hall–Kier alpha value is -1.86. The van der Waals surface area contributed by atoms with Gasteiger partial charge < -0.3 is 16.1 Å². The molecule has 1 aromatic rings. The molecular formula is C10H14ClN5O2. The number of rotatable bonds is 5. The molecule has 0 unspecified atom stereocenters. The van der Waals surface area contributed by atoms with Crippen molar-refractivity contribution in [3.63, 3.8) is 0 Å². The normalized spacial score (nSPS) is 9.72. The zero-order chi connectivity index (χ0) is 13.5. The Morgan fingerprint density at radius 1 is 1.44 bits per heavy atom. The van der Waals surface area contributed by atoms with Crippen molar-refractivity contribution >= 4 is 29.2 Å². The topological polar surface area (TPSA) is 109 Å². The fourth-order valence-corrected chi connectivity index (χ4v) is 1.37. The van der Waals surface area contributed by atoms with E-state index in [2.05, 4.69) is 21.0 Å². The maximum atomic E-state index is 11.7. The summed E-state index contributed by atoms with van der Waals surface area (Å²) >= 11 is 5.85. The van der Waals surface area contributed by atoms with E-state index in [1.165, 1.54) is 13.1 Å². The van der Waals surface area contributed by atoms with Crippen LogP contribution in [0.5, 0.6) is 0 Å². The number of hydrogen-bond acceptors (Lipinski definition) is 5. The van der Waals surface area contributed by atoms with Gasteiger partial charge in [0, 0.05) is 20.0 Å². The second kappa shape index (κ2) is 6.77. The summed E-state index contributed by atoms with van der Waals surface area (Å²) in [6, 6.07) is 3.06. The van der Waals surface area contributed by atoms with Crippen LogP contribution in [0.25, 0.3) is 0 Å². The van der Waals surface area contributed by atoms with Crippen molar-refractivity contribution < 1.29 is 9.59 Å². The maximum absolute atomic E-state index is 11.7. The number of nitrogens with zero attached hydrogens (tertiary/aromatic N) is 1. The third kappa shape index (κ3) is 3.86. The van der Waals surface area contributed by atoms with E-state index in [-0.39, 0.29) is 29.6 Å². The molecular weight excluding hydrogens is 258 g/mol. The van der Waals surface area contributed by atoms with E-state index < -0.39 is 5.91 Å². The highest BCUT2D eigenvalue weighted by atomic mass is 35.5. The third-order valence-electron chi connectivity index (χ3n) is 2.13. The first-order chi connectivity index (χ1) is 8.58. The monoisotopic (exact) mass is 271 g/mol. The molecule has 2 amide bonds. The molecule has 1 aromatic heterocycles. The van der Waals surface area contributed by atoms with Crippen LogP contribution in [0.1, 0.15) is 16.9 Å². The molecule has 0 bridgehead atoms. The number of halogens is 1. The number of anilines is 1. The molecule has 1 rings (SSSR count).